The van der Waals surface area contributed by atoms with Crippen molar-refractivity contribution in [2.45, 2.75) is 0 Å². The number of aryl methyl sites for hydroxylation is 1. The van der Waals surface area contributed by atoms with Gasteiger partial charge in [-0.2, -0.15) is 0 Å². The summed E-state index contributed by atoms with van der Waals surface area (Å²) in [6.07, 6.45) is 2.17. The zero-order chi connectivity index (χ0) is 49.2. The molecule has 5 nitrogen and oxygen atoms in total. The number of anilines is 3. The van der Waals surface area contributed by atoms with Gasteiger partial charge in [0.25, 0.3) is 0 Å². The molecule has 10 aromatic carbocycles. The third kappa shape index (κ3) is 6.47. The first kappa shape index (κ1) is 43.6. The summed E-state index contributed by atoms with van der Waals surface area (Å²) < 4.78 is 4.67. The lowest BCUT2D eigenvalue weighted by atomic mass is 10.1. The molecule has 13 aromatic rings. The van der Waals surface area contributed by atoms with Gasteiger partial charge in [-0.1, -0.05) is 224 Å². The lowest BCUT2D eigenvalue weighted by molar-refractivity contribution is 0.959. The molecule has 0 amide bonds. The van der Waals surface area contributed by atoms with E-state index in [-0.39, 0.29) is 0 Å². The normalized spacial score (nSPS) is 13.0. The molecule has 0 fully saturated rings. The Morgan fingerprint density at radius 1 is 0.432 bits per heavy atom. The van der Waals surface area contributed by atoms with Gasteiger partial charge in [-0.15, -0.1) is 0 Å². The lowest BCUT2D eigenvalue weighted by Gasteiger charge is -2.45. The van der Waals surface area contributed by atoms with E-state index in [1.165, 1.54) is 58.0 Å². The highest BCUT2D eigenvalue weighted by Crippen LogP contribution is 2.42. The van der Waals surface area contributed by atoms with E-state index in [4.69, 9.17) is 9.97 Å². The molecule has 3 aromatic heterocycles. The fraction of sp³-hybridized carbons (Fsp3) is 0.0149. The topological polar surface area (TPSA) is 38.9 Å². The van der Waals surface area contributed by atoms with Crippen molar-refractivity contribution in [1.29, 1.82) is 0 Å². The quantitative estimate of drug-likeness (QED) is 0.107. The maximum absolute atomic E-state index is 5.69. The molecule has 0 bridgehead atoms. The molecule has 0 N–H and O–H groups in total. The van der Waals surface area contributed by atoms with Crippen molar-refractivity contribution in [3.05, 3.63) is 279 Å². The van der Waals surface area contributed by atoms with Crippen LogP contribution in [0.2, 0.25) is 0 Å². The summed E-state index contributed by atoms with van der Waals surface area (Å²) in [6, 6.07) is 101. The average molecular weight is 980 g/mol. The van der Waals surface area contributed by atoms with Crippen LogP contribution in [0.25, 0.3) is 50.0 Å². The van der Waals surface area contributed by atoms with E-state index in [2.05, 4.69) is 300 Å². The predicted octanol–water partition coefficient (Wildman–Crippen LogP) is 10.3. The summed E-state index contributed by atoms with van der Waals surface area (Å²) in [6.45, 7) is 0. The molecule has 350 valence electrons. The Balaban J connectivity index is 1.08. The Bertz CT molecular complexity index is 4130. The summed E-state index contributed by atoms with van der Waals surface area (Å²) in [4.78, 5) is 13.4. The first-order valence-electron chi connectivity index (χ1n) is 25.4. The molecule has 0 saturated heterocycles. The molecular formula is C67H49N5Si2. The molecule has 14 rings (SSSR count). The van der Waals surface area contributed by atoms with Crippen LogP contribution in [0.15, 0.2) is 279 Å². The van der Waals surface area contributed by atoms with Crippen LogP contribution in [0.3, 0.4) is 0 Å². The molecule has 1 aliphatic heterocycles. The minimum atomic E-state index is -3.14. The highest BCUT2D eigenvalue weighted by Gasteiger charge is 2.51. The molecule has 0 atom stereocenters. The Morgan fingerprint density at radius 3 is 1.64 bits per heavy atom. The SMILES string of the molecule is Cn1c(-c2cccc([Si](c3ccccc3)(c3ccccc3)c3cccc(-n4c5ccccc5c5c6c(cnc54)N(c4ccccc4)c4ccccc4[Si]6(c4ccccc4)c4ccccc4)c3)c2)nc2ccccc21. The molecule has 74 heavy (non-hydrogen) atoms. The average Bonchev–Trinajstić information content (AvgIpc) is 4.11. The second-order valence-electron chi connectivity index (χ2n) is 19.3. The van der Waals surface area contributed by atoms with Gasteiger partial charge in [0.15, 0.2) is 16.1 Å². The molecule has 0 spiro atoms. The van der Waals surface area contributed by atoms with E-state index in [0.717, 1.165) is 50.6 Å². The fourth-order valence-corrected chi connectivity index (χ4v) is 22.6. The van der Waals surface area contributed by atoms with Gasteiger partial charge < -0.3 is 9.47 Å². The van der Waals surface area contributed by atoms with Gasteiger partial charge in [0, 0.05) is 40.4 Å². The van der Waals surface area contributed by atoms with E-state index in [0.29, 0.717) is 0 Å². The molecule has 0 aliphatic carbocycles. The van der Waals surface area contributed by atoms with E-state index in [1.54, 1.807) is 0 Å². The monoisotopic (exact) mass is 979 g/mol. The molecule has 1 aliphatic rings. The van der Waals surface area contributed by atoms with Crippen molar-refractivity contribution < 1.29 is 0 Å². The van der Waals surface area contributed by atoms with Crippen molar-refractivity contribution in [2.24, 2.45) is 7.05 Å². The van der Waals surface area contributed by atoms with Gasteiger partial charge in [-0.3, -0.25) is 4.57 Å². The number of imidazole rings is 1. The minimum Gasteiger partial charge on any atom is -0.327 e. The maximum Gasteiger partial charge on any atom is 0.185 e. The number of fused-ring (bicyclic) bond motifs is 7. The zero-order valence-electron chi connectivity index (χ0n) is 40.8. The molecular weight excluding hydrogens is 931 g/mol. The molecule has 0 unspecified atom stereocenters. The number of nitrogens with zero attached hydrogens (tertiary/aromatic N) is 5. The molecule has 7 heteroatoms. The maximum atomic E-state index is 5.69. The van der Waals surface area contributed by atoms with E-state index >= 15 is 0 Å². The van der Waals surface area contributed by atoms with Gasteiger partial charge in [0.1, 0.15) is 11.5 Å². The Morgan fingerprint density at radius 2 is 0.959 bits per heavy atom. The largest absolute Gasteiger partial charge is 0.327 e. The summed E-state index contributed by atoms with van der Waals surface area (Å²) in [5.41, 5.74) is 9.71. The highest BCUT2D eigenvalue weighted by atomic mass is 28.3. The minimum absolute atomic E-state index is 0.939. The lowest BCUT2D eigenvalue weighted by Crippen LogP contribution is -2.77. The van der Waals surface area contributed by atoms with Crippen LogP contribution in [0, 0.1) is 0 Å². The predicted molar refractivity (Wildman–Crippen MR) is 314 cm³/mol. The van der Waals surface area contributed by atoms with Crippen molar-refractivity contribution >= 4 is 108 Å². The van der Waals surface area contributed by atoms with Gasteiger partial charge in [0.2, 0.25) is 0 Å². The second kappa shape index (κ2) is 17.6. The first-order chi connectivity index (χ1) is 36.7. The van der Waals surface area contributed by atoms with Crippen molar-refractivity contribution in [1.82, 2.24) is 19.1 Å². The van der Waals surface area contributed by atoms with Gasteiger partial charge in [-0.05, 0) is 90.0 Å². The number of benzene rings is 10. The van der Waals surface area contributed by atoms with Gasteiger partial charge in [-0.25, -0.2) is 9.97 Å². The van der Waals surface area contributed by atoms with Crippen LogP contribution in [0.1, 0.15) is 0 Å². The van der Waals surface area contributed by atoms with E-state index in [1.807, 2.05) is 0 Å². The number of aromatic nitrogens is 4. The molecule has 4 heterocycles. The van der Waals surface area contributed by atoms with Crippen LogP contribution >= 0.6 is 0 Å². The summed E-state index contributed by atoms with van der Waals surface area (Å²) in [7, 11) is -4.10. The van der Waals surface area contributed by atoms with Crippen molar-refractivity contribution in [2.75, 3.05) is 4.90 Å². The summed E-state index contributed by atoms with van der Waals surface area (Å²) in [5.74, 6) is 0.949. The van der Waals surface area contributed by atoms with E-state index in [9.17, 15) is 0 Å². The summed E-state index contributed by atoms with van der Waals surface area (Å²) >= 11 is 0. The number of rotatable bonds is 9. The van der Waals surface area contributed by atoms with Crippen LogP contribution < -0.4 is 46.4 Å². The Labute approximate surface area is 432 Å². The van der Waals surface area contributed by atoms with Crippen molar-refractivity contribution in [3.63, 3.8) is 0 Å². The van der Waals surface area contributed by atoms with Crippen molar-refractivity contribution in [3.8, 4) is 17.1 Å². The Kier molecular flexibility index (Phi) is 10.4. The number of pyridine rings is 1. The molecule has 0 radical (unpaired) electrons. The standard InChI is InChI=1S/C67H49N5Si2/c1-70-60-42-20-18-40-58(60)69-66(70)48-25-23-37-55(45-48)73(51-29-9-3-10-30-51,52-31-11-4-12-32-52)56-38-24-28-50(46-56)72-59-41-19-17-39-57(59)64-65-62(47-68-67(64)72)71(49-26-7-2-8-27-49)61-43-21-22-44-63(61)74(65,53-33-13-5-14-34-53)54-35-15-6-16-36-54/h2-47H,1H3. The number of hydrogen-bond acceptors (Lipinski definition) is 3. The van der Waals surface area contributed by atoms with Crippen LogP contribution in [0.4, 0.5) is 17.1 Å². The van der Waals surface area contributed by atoms with Crippen LogP contribution in [-0.4, -0.2) is 35.2 Å². The third-order valence-corrected chi connectivity index (χ3v) is 25.2. The van der Waals surface area contributed by atoms with Crippen LogP contribution in [-0.2, 0) is 7.05 Å². The second-order valence-corrected chi connectivity index (χ2v) is 26.8. The summed E-state index contributed by atoms with van der Waals surface area (Å²) in [5, 5.41) is 12.9. The van der Waals surface area contributed by atoms with E-state index < -0.39 is 16.1 Å². The third-order valence-electron chi connectivity index (χ3n) is 15.5. The zero-order valence-corrected chi connectivity index (χ0v) is 42.8. The Hall–Kier alpha value is -9.15. The fourth-order valence-electron chi connectivity index (χ4n) is 12.5. The van der Waals surface area contributed by atoms with Crippen LogP contribution in [0.5, 0.6) is 0 Å². The molecule has 0 saturated carbocycles. The van der Waals surface area contributed by atoms with Gasteiger partial charge >= 0.3 is 0 Å². The smallest absolute Gasteiger partial charge is 0.185 e. The number of hydrogen-bond donors (Lipinski definition) is 0. The number of para-hydroxylation sites is 5. The highest BCUT2D eigenvalue weighted by molar-refractivity contribution is 7.22. The first-order valence-corrected chi connectivity index (χ1v) is 29.4. The van der Waals surface area contributed by atoms with Gasteiger partial charge in [0.05, 0.1) is 28.4 Å².